The minimum absolute atomic E-state index is 0.173. The molecule has 10 heteroatoms. The first kappa shape index (κ1) is 18.4. The van der Waals surface area contributed by atoms with Crippen molar-refractivity contribution in [2.24, 2.45) is 5.41 Å². The van der Waals surface area contributed by atoms with Gasteiger partial charge in [-0.15, -0.1) is 5.10 Å². The summed E-state index contributed by atoms with van der Waals surface area (Å²) in [5, 5.41) is 17.4. The molecule has 0 bridgehead atoms. The van der Waals surface area contributed by atoms with Crippen molar-refractivity contribution in [2.75, 3.05) is 5.75 Å². The van der Waals surface area contributed by atoms with E-state index >= 15 is 0 Å². The van der Waals surface area contributed by atoms with Crippen molar-refractivity contribution in [1.29, 1.82) is 0 Å². The summed E-state index contributed by atoms with van der Waals surface area (Å²) < 4.78 is 23.5. The molecule has 24 heavy (non-hydrogen) atoms. The summed E-state index contributed by atoms with van der Waals surface area (Å²) in [5.41, 5.74) is 1.74. The molecule has 0 saturated carbocycles. The summed E-state index contributed by atoms with van der Waals surface area (Å²) in [6.07, 6.45) is 1.86. The van der Waals surface area contributed by atoms with Gasteiger partial charge in [-0.25, -0.2) is 13.9 Å². The van der Waals surface area contributed by atoms with Crippen molar-refractivity contribution >= 4 is 28.2 Å². The van der Waals surface area contributed by atoms with E-state index in [1.807, 2.05) is 12.1 Å². The van der Waals surface area contributed by atoms with E-state index in [0.29, 0.717) is 10.7 Å². The van der Waals surface area contributed by atoms with Crippen molar-refractivity contribution in [3.05, 3.63) is 35.5 Å². The number of thiol groups is 1. The van der Waals surface area contributed by atoms with Gasteiger partial charge >= 0.3 is 0 Å². The molecule has 1 amide bonds. The molecule has 0 fully saturated rings. The normalized spacial score (nSPS) is 13.7. The van der Waals surface area contributed by atoms with Gasteiger partial charge in [0.05, 0.1) is 17.4 Å². The van der Waals surface area contributed by atoms with Gasteiger partial charge in [0.25, 0.3) is 0 Å². The highest BCUT2D eigenvalue weighted by Gasteiger charge is 2.34. The lowest BCUT2D eigenvalue weighted by Crippen LogP contribution is -2.41. The van der Waals surface area contributed by atoms with Gasteiger partial charge in [0, 0.05) is 17.1 Å². The molecule has 1 heterocycles. The highest BCUT2D eigenvalue weighted by Crippen LogP contribution is 2.24. The number of carbonyl (C=O) groups is 1. The minimum Gasteiger partial charge on any atom is -0.289 e. The van der Waals surface area contributed by atoms with Gasteiger partial charge in [-0.1, -0.05) is 28.9 Å². The van der Waals surface area contributed by atoms with Crippen molar-refractivity contribution < 1.29 is 18.4 Å². The second kappa shape index (κ2) is 7.73. The highest BCUT2D eigenvalue weighted by molar-refractivity contribution is 7.72. The van der Waals surface area contributed by atoms with Crippen LogP contribution >= 0.6 is 11.6 Å². The number of amides is 1. The van der Waals surface area contributed by atoms with Gasteiger partial charge in [-0.05, 0) is 25.5 Å². The zero-order valence-corrected chi connectivity index (χ0v) is 14.5. The number of hydrogen-bond donors (Lipinski definition) is 3. The summed E-state index contributed by atoms with van der Waals surface area (Å²) in [6, 6.07) is 7.09. The van der Waals surface area contributed by atoms with Gasteiger partial charge in [-0.3, -0.25) is 14.7 Å². The maximum atomic E-state index is 11.8. The third kappa shape index (κ3) is 4.53. The van der Waals surface area contributed by atoms with Crippen LogP contribution in [0.2, 0.25) is 5.02 Å². The molecule has 1 atom stereocenters. The summed E-state index contributed by atoms with van der Waals surface area (Å²) in [4.78, 5) is 11.8. The van der Waals surface area contributed by atoms with Crippen LogP contribution in [0.4, 0.5) is 0 Å². The SMILES string of the molecule is CC(CCn1cc(-c2ccc(Cl)cc2)nn1)(C[SH](=O)=O)C(=O)NO. The van der Waals surface area contributed by atoms with Gasteiger partial charge in [-0.2, -0.15) is 0 Å². The third-order valence-corrected chi connectivity index (χ3v) is 4.91. The summed E-state index contributed by atoms with van der Waals surface area (Å²) >= 11 is 5.84. The predicted octanol–water partition coefficient (Wildman–Crippen LogP) is 1.11. The van der Waals surface area contributed by atoms with Crippen molar-refractivity contribution in [3.8, 4) is 11.3 Å². The second-order valence-electron chi connectivity index (χ2n) is 5.62. The van der Waals surface area contributed by atoms with E-state index in [9.17, 15) is 13.2 Å². The zero-order valence-electron chi connectivity index (χ0n) is 12.8. The Labute approximate surface area is 145 Å². The van der Waals surface area contributed by atoms with Crippen molar-refractivity contribution in [2.45, 2.75) is 19.9 Å². The molecule has 0 aliphatic heterocycles. The lowest BCUT2D eigenvalue weighted by Gasteiger charge is -2.24. The molecule has 0 saturated heterocycles. The molecule has 130 valence electrons. The number of carbonyl (C=O) groups excluding carboxylic acids is 1. The second-order valence-corrected chi connectivity index (χ2v) is 7.03. The Kier molecular flexibility index (Phi) is 5.92. The van der Waals surface area contributed by atoms with Gasteiger partial charge in [0.1, 0.15) is 16.4 Å². The number of aryl methyl sites for hydroxylation is 1. The monoisotopic (exact) mass is 372 g/mol. The summed E-state index contributed by atoms with van der Waals surface area (Å²) in [6.45, 7) is 1.74. The molecule has 0 aliphatic carbocycles. The smallest absolute Gasteiger partial charge is 0.250 e. The predicted molar refractivity (Wildman–Crippen MR) is 88.3 cm³/mol. The van der Waals surface area contributed by atoms with Gasteiger partial charge < -0.3 is 0 Å². The average molecular weight is 373 g/mol. The minimum atomic E-state index is -2.77. The van der Waals surface area contributed by atoms with Crippen LogP contribution in [0.25, 0.3) is 11.3 Å². The number of nitrogens with one attached hydrogen (secondary N) is 1. The van der Waals surface area contributed by atoms with Crippen LogP contribution in [0, 0.1) is 5.41 Å². The third-order valence-electron chi connectivity index (χ3n) is 3.70. The Morgan fingerprint density at radius 2 is 2.04 bits per heavy atom. The molecule has 2 aromatic rings. The first-order chi connectivity index (χ1) is 11.3. The van der Waals surface area contributed by atoms with Crippen molar-refractivity contribution in [3.63, 3.8) is 0 Å². The molecule has 2 N–H and O–H groups in total. The van der Waals surface area contributed by atoms with Crippen LogP contribution in [0.5, 0.6) is 0 Å². The number of hydroxylamine groups is 1. The van der Waals surface area contributed by atoms with Crippen LogP contribution in [0.1, 0.15) is 13.3 Å². The Bertz CT molecular complexity index is 782. The number of halogens is 1. The van der Waals surface area contributed by atoms with Crippen LogP contribution in [-0.4, -0.2) is 40.3 Å². The fourth-order valence-corrected chi connectivity index (χ4v) is 3.20. The number of hydrogen-bond acceptors (Lipinski definition) is 6. The number of rotatable bonds is 7. The highest BCUT2D eigenvalue weighted by atomic mass is 35.5. The van der Waals surface area contributed by atoms with E-state index in [1.54, 1.807) is 18.3 Å². The Hall–Kier alpha value is -1.97. The van der Waals surface area contributed by atoms with E-state index in [4.69, 9.17) is 16.8 Å². The molecular formula is C14H17ClN4O4S. The van der Waals surface area contributed by atoms with Crippen LogP contribution in [-0.2, 0) is 22.0 Å². The van der Waals surface area contributed by atoms with Gasteiger partial charge in [0.2, 0.25) is 5.91 Å². The maximum Gasteiger partial charge on any atom is 0.250 e. The fraction of sp³-hybridized carbons (Fsp3) is 0.357. The molecule has 0 spiro atoms. The summed E-state index contributed by atoms with van der Waals surface area (Å²) in [7, 11) is -2.77. The molecule has 2 rings (SSSR count). The quantitative estimate of drug-likeness (QED) is 0.381. The van der Waals surface area contributed by atoms with E-state index < -0.39 is 22.0 Å². The Morgan fingerprint density at radius 3 is 2.62 bits per heavy atom. The largest absolute Gasteiger partial charge is 0.289 e. The maximum absolute atomic E-state index is 11.8. The lowest BCUT2D eigenvalue weighted by atomic mass is 9.88. The molecular weight excluding hydrogens is 356 g/mol. The number of aromatic nitrogens is 3. The standard InChI is InChI=1S/C14H17ClN4O4S/c1-14(9-24(22)23,13(20)17-21)6-7-19-8-12(16-18-19)10-2-4-11(15)5-3-10/h2-5,8,21,24H,6-7,9H2,1H3,(H,17,20). The fourth-order valence-electron chi connectivity index (χ4n) is 2.21. The van der Waals surface area contributed by atoms with E-state index in [2.05, 4.69) is 10.3 Å². The topological polar surface area (TPSA) is 114 Å². The van der Waals surface area contributed by atoms with Crippen molar-refractivity contribution in [1.82, 2.24) is 20.5 Å². The average Bonchev–Trinajstić information content (AvgIpc) is 3.01. The lowest BCUT2D eigenvalue weighted by molar-refractivity contribution is -0.138. The van der Waals surface area contributed by atoms with E-state index in [1.165, 1.54) is 17.1 Å². The molecule has 8 nitrogen and oxygen atoms in total. The molecule has 0 radical (unpaired) electrons. The first-order valence-corrected chi connectivity index (χ1v) is 8.80. The molecule has 0 aliphatic rings. The number of nitrogens with zero attached hydrogens (tertiary/aromatic N) is 3. The van der Waals surface area contributed by atoms with Gasteiger partial charge in [0.15, 0.2) is 0 Å². The first-order valence-electron chi connectivity index (χ1n) is 7.06. The Balaban J connectivity index is 2.10. The Morgan fingerprint density at radius 1 is 1.38 bits per heavy atom. The van der Waals surface area contributed by atoms with Crippen LogP contribution in [0.15, 0.2) is 30.5 Å². The molecule has 1 unspecified atom stereocenters. The summed E-state index contributed by atoms with van der Waals surface area (Å²) in [5.74, 6) is -1.12. The van der Waals surface area contributed by atoms with E-state index in [0.717, 1.165) is 5.56 Å². The van der Waals surface area contributed by atoms with Crippen LogP contribution < -0.4 is 5.48 Å². The number of benzene rings is 1. The zero-order chi connectivity index (χ0) is 17.7. The molecule has 1 aromatic carbocycles. The van der Waals surface area contributed by atoms with Crippen LogP contribution in [0.3, 0.4) is 0 Å². The van der Waals surface area contributed by atoms with E-state index in [-0.39, 0.29) is 18.7 Å². The molecule has 1 aromatic heterocycles.